The summed E-state index contributed by atoms with van der Waals surface area (Å²) in [6.45, 7) is 3.08. The van der Waals surface area contributed by atoms with E-state index < -0.39 is 0 Å². The van der Waals surface area contributed by atoms with Crippen molar-refractivity contribution in [1.29, 1.82) is 0 Å². The fourth-order valence-electron chi connectivity index (χ4n) is 3.56. The van der Waals surface area contributed by atoms with Crippen LogP contribution in [0.25, 0.3) is 0 Å². The van der Waals surface area contributed by atoms with Crippen molar-refractivity contribution in [2.75, 3.05) is 19.6 Å². The van der Waals surface area contributed by atoms with Gasteiger partial charge in [-0.1, -0.05) is 48.2 Å². The van der Waals surface area contributed by atoms with Crippen molar-refractivity contribution in [3.8, 4) is 11.8 Å². The summed E-state index contributed by atoms with van der Waals surface area (Å²) in [7, 11) is 0. The second kappa shape index (κ2) is 10.6. The van der Waals surface area contributed by atoms with Crippen LogP contribution < -0.4 is 5.32 Å². The molecule has 0 radical (unpaired) electrons. The number of hydrogen-bond acceptors (Lipinski definition) is 2. The average Bonchev–Trinajstić information content (AvgIpc) is 2.73. The van der Waals surface area contributed by atoms with Crippen LogP contribution in [0.5, 0.6) is 0 Å². The highest BCUT2D eigenvalue weighted by atomic mass is 19.1. The Morgan fingerprint density at radius 1 is 1.14 bits per heavy atom. The molecule has 1 atom stereocenters. The van der Waals surface area contributed by atoms with Gasteiger partial charge in [0.05, 0.1) is 6.54 Å². The fourth-order valence-corrected chi connectivity index (χ4v) is 3.56. The van der Waals surface area contributed by atoms with Crippen molar-refractivity contribution in [2.24, 2.45) is 5.92 Å². The molecule has 3 nitrogen and oxygen atoms in total. The minimum Gasteiger partial charge on any atom is -0.352 e. The van der Waals surface area contributed by atoms with Gasteiger partial charge in [-0.25, -0.2) is 4.39 Å². The van der Waals surface area contributed by atoms with Crippen LogP contribution in [-0.2, 0) is 11.3 Å². The molecule has 146 valence electrons. The number of hydrogen-bond donors (Lipinski definition) is 1. The lowest BCUT2D eigenvalue weighted by atomic mass is 9.93. The van der Waals surface area contributed by atoms with Crippen molar-refractivity contribution in [3.63, 3.8) is 0 Å². The first-order chi connectivity index (χ1) is 13.7. The van der Waals surface area contributed by atoms with E-state index in [9.17, 15) is 9.18 Å². The molecule has 0 aliphatic carbocycles. The Morgan fingerprint density at radius 2 is 1.93 bits per heavy atom. The first-order valence-corrected chi connectivity index (χ1v) is 9.97. The van der Waals surface area contributed by atoms with Crippen LogP contribution in [0.1, 0.15) is 36.8 Å². The monoisotopic (exact) mass is 378 g/mol. The molecule has 1 amide bonds. The standard InChI is InChI=1S/C24H27FN2O/c25-23-13-5-4-12-22(23)18-26-24(28)15-14-21-11-7-17-27(19-21)16-6-10-20-8-2-1-3-9-20/h1-5,8-9,12-13,21H,7,11,14-19H2,(H,26,28)/t21-/m1/s1. The minimum atomic E-state index is -0.276. The van der Waals surface area contributed by atoms with Gasteiger partial charge in [0.2, 0.25) is 5.91 Å². The molecule has 0 bridgehead atoms. The molecule has 0 aromatic heterocycles. The largest absolute Gasteiger partial charge is 0.352 e. The Kier molecular flexibility index (Phi) is 7.63. The number of rotatable bonds is 6. The fraction of sp³-hybridized carbons (Fsp3) is 0.375. The Bertz CT molecular complexity index is 825. The van der Waals surface area contributed by atoms with Crippen LogP contribution in [-0.4, -0.2) is 30.4 Å². The molecule has 0 unspecified atom stereocenters. The summed E-state index contributed by atoms with van der Waals surface area (Å²) in [6, 6.07) is 16.6. The van der Waals surface area contributed by atoms with Gasteiger partial charge in [-0.15, -0.1) is 0 Å². The molecule has 2 aromatic carbocycles. The number of amides is 1. The van der Waals surface area contributed by atoms with E-state index in [4.69, 9.17) is 0 Å². The van der Waals surface area contributed by atoms with E-state index in [0.717, 1.165) is 44.5 Å². The predicted octanol–water partition coefficient (Wildman–Crippen LogP) is 3.99. The highest BCUT2D eigenvalue weighted by molar-refractivity contribution is 5.75. The van der Waals surface area contributed by atoms with Crippen LogP contribution in [0.3, 0.4) is 0 Å². The van der Waals surface area contributed by atoms with Crippen LogP contribution >= 0.6 is 0 Å². The number of likely N-dealkylation sites (tertiary alicyclic amines) is 1. The van der Waals surface area contributed by atoms with Gasteiger partial charge in [0.25, 0.3) is 0 Å². The number of nitrogens with zero attached hydrogens (tertiary/aromatic N) is 1. The quantitative estimate of drug-likeness (QED) is 0.771. The van der Waals surface area contributed by atoms with Gasteiger partial charge in [-0.3, -0.25) is 9.69 Å². The Morgan fingerprint density at radius 3 is 2.75 bits per heavy atom. The van der Waals surface area contributed by atoms with E-state index in [0.29, 0.717) is 17.9 Å². The van der Waals surface area contributed by atoms with Gasteiger partial charge >= 0.3 is 0 Å². The molecule has 1 N–H and O–H groups in total. The highest BCUT2D eigenvalue weighted by Crippen LogP contribution is 2.20. The summed E-state index contributed by atoms with van der Waals surface area (Å²) in [4.78, 5) is 14.5. The van der Waals surface area contributed by atoms with Crippen molar-refractivity contribution < 1.29 is 9.18 Å². The van der Waals surface area contributed by atoms with Gasteiger partial charge < -0.3 is 5.32 Å². The number of halogens is 1. The van der Waals surface area contributed by atoms with Crippen LogP contribution in [0.2, 0.25) is 0 Å². The maximum absolute atomic E-state index is 13.6. The third-order valence-corrected chi connectivity index (χ3v) is 5.13. The zero-order chi connectivity index (χ0) is 19.6. The summed E-state index contributed by atoms with van der Waals surface area (Å²) >= 11 is 0. The van der Waals surface area contributed by atoms with Crippen molar-refractivity contribution in [1.82, 2.24) is 10.2 Å². The summed E-state index contributed by atoms with van der Waals surface area (Å²) < 4.78 is 13.6. The summed E-state index contributed by atoms with van der Waals surface area (Å²) in [5.41, 5.74) is 1.57. The Balaban J connectivity index is 1.38. The molecule has 4 heteroatoms. The second-order valence-electron chi connectivity index (χ2n) is 7.32. The van der Waals surface area contributed by atoms with Gasteiger partial charge in [0.15, 0.2) is 0 Å². The number of carbonyl (C=O) groups is 1. The van der Waals surface area contributed by atoms with E-state index in [2.05, 4.69) is 22.1 Å². The summed E-state index contributed by atoms with van der Waals surface area (Å²) in [5, 5.41) is 2.83. The van der Waals surface area contributed by atoms with E-state index in [1.54, 1.807) is 18.2 Å². The van der Waals surface area contributed by atoms with E-state index in [-0.39, 0.29) is 18.3 Å². The van der Waals surface area contributed by atoms with E-state index >= 15 is 0 Å². The molecule has 1 fully saturated rings. The molecule has 2 aromatic rings. The smallest absolute Gasteiger partial charge is 0.220 e. The van der Waals surface area contributed by atoms with Gasteiger partial charge in [0, 0.05) is 30.6 Å². The van der Waals surface area contributed by atoms with E-state index in [1.165, 1.54) is 6.07 Å². The molecular weight excluding hydrogens is 351 g/mol. The molecule has 1 heterocycles. The highest BCUT2D eigenvalue weighted by Gasteiger charge is 2.20. The maximum atomic E-state index is 13.6. The van der Waals surface area contributed by atoms with Crippen molar-refractivity contribution >= 4 is 5.91 Å². The molecule has 0 saturated carbocycles. The number of benzene rings is 2. The second-order valence-corrected chi connectivity index (χ2v) is 7.32. The lowest BCUT2D eigenvalue weighted by molar-refractivity contribution is -0.121. The van der Waals surface area contributed by atoms with Gasteiger partial charge in [-0.05, 0) is 49.9 Å². The van der Waals surface area contributed by atoms with Crippen LogP contribution in [0, 0.1) is 23.6 Å². The third-order valence-electron chi connectivity index (χ3n) is 5.13. The number of piperidine rings is 1. The zero-order valence-electron chi connectivity index (χ0n) is 16.2. The summed E-state index contributed by atoms with van der Waals surface area (Å²) in [6.07, 6.45) is 3.66. The third kappa shape index (κ3) is 6.51. The van der Waals surface area contributed by atoms with Crippen molar-refractivity contribution in [3.05, 3.63) is 71.5 Å². The molecular formula is C24H27FN2O. The molecule has 3 rings (SSSR count). The van der Waals surface area contributed by atoms with Crippen LogP contribution in [0.15, 0.2) is 54.6 Å². The normalized spacial score (nSPS) is 16.8. The number of nitrogens with one attached hydrogen (secondary N) is 1. The zero-order valence-corrected chi connectivity index (χ0v) is 16.2. The van der Waals surface area contributed by atoms with Gasteiger partial charge in [-0.2, -0.15) is 0 Å². The Labute approximate surface area is 166 Å². The lowest BCUT2D eigenvalue weighted by Gasteiger charge is -2.31. The van der Waals surface area contributed by atoms with Gasteiger partial charge in [0.1, 0.15) is 5.82 Å². The molecule has 28 heavy (non-hydrogen) atoms. The topological polar surface area (TPSA) is 32.3 Å². The van der Waals surface area contributed by atoms with E-state index in [1.807, 2.05) is 30.3 Å². The maximum Gasteiger partial charge on any atom is 0.220 e. The first kappa shape index (κ1) is 20.1. The average molecular weight is 378 g/mol. The molecule has 1 aliphatic rings. The lowest BCUT2D eigenvalue weighted by Crippen LogP contribution is -2.36. The predicted molar refractivity (Wildman–Crippen MR) is 110 cm³/mol. The van der Waals surface area contributed by atoms with Crippen LogP contribution in [0.4, 0.5) is 4.39 Å². The molecule has 1 saturated heterocycles. The SMILES string of the molecule is O=C(CC[C@H]1CCCN(CC#Cc2ccccc2)C1)NCc1ccccc1F. The summed E-state index contributed by atoms with van der Waals surface area (Å²) in [5.74, 6) is 6.70. The minimum absolute atomic E-state index is 0.00996. The first-order valence-electron chi connectivity index (χ1n) is 9.97. The Hall–Kier alpha value is -2.64. The van der Waals surface area contributed by atoms with Crippen molar-refractivity contribution in [2.45, 2.75) is 32.2 Å². The molecule has 0 spiro atoms. The molecule has 1 aliphatic heterocycles. The number of carbonyl (C=O) groups excluding carboxylic acids is 1.